The third-order valence-corrected chi connectivity index (χ3v) is 4.77. The summed E-state index contributed by atoms with van der Waals surface area (Å²) >= 11 is 0. The number of hydrogen-bond donors (Lipinski definition) is 1. The van der Waals surface area contributed by atoms with Crippen molar-refractivity contribution in [3.63, 3.8) is 0 Å². The van der Waals surface area contributed by atoms with Gasteiger partial charge in [-0.3, -0.25) is 9.40 Å². The van der Waals surface area contributed by atoms with E-state index in [1.165, 1.54) is 34.8 Å². The molecule has 1 N–H and O–H groups in total. The fraction of sp³-hybridized carbons (Fsp3) is 0.250. The lowest BCUT2D eigenvalue weighted by Crippen LogP contribution is -2.31. The van der Waals surface area contributed by atoms with Crippen molar-refractivity contribution in [3.8, 4) is 0 Å². The van der Waals surface area contributed by atoms with Gasteiger partial charge in [-0.2, -0.15) is 5.10 Å². The zero-order valence-corrected chi connectivity index (χ0v) is 11.4. The van der Waals surface area contributed by atoms with E-state index in [-0.39, 0.29) is 11.4 Å². The van der Waals surface area contributed by atoms with Gasteiger partial charge in [0.05, 0.1) is 17.6 Å². The second-order valence-electron chi connectivity index (χ2n) is 4.01. The van der Waals surface area contributed by atoms with E-state index < -0.39 is 15.8 Å². The summed E-state index contributed by atoms with van der Waals surface area (Å²) in [5.41, 5.74) is 0.894. The lowest BCUT2D eigenvalue weighted by molar-refractivity contribution is 0.591. The van der Waals surface area contributed by atoms with Crippen LogP contribution in [0.1, 0.15) is 12.6 Å². The van der Waals surface area contributed by atoms with Gasteiger partial charge in [0, 0.05) is 6.54 Å². The summed E-state index contributed by atoms with van der Waals surface area (Å²) in [7, 11) is -3.69. The fourth-order valence-electron chi connectivity index (χ4n) is 1.82. The van der Waals surface area contributed by atoms with Crippen molar-refractivity contribution < 1.29 is 12.8 Å². The molecule has 0 spiro atoms. The molecule has 0 radical (unpaired) electrons. The number of nitrogens with zero attached hydrogens (tertiary/aromatic N) is 2. The van der Waals surface area contributed by atoms with E-state index in [4.69, 9.17) is 0 Å². The Bertz CT molecular complexity index is 665. The van der Waals surface area contributed by atoms with Gasteiger partial charge in [-0.25, -0.2) is 12.8 Å². The highest BCUT2D eigenvalue weighted by molar-refractivity contribution is 7.92. The third-order valence-electron chi connectivity index (χ3n) is 2.75. The van der Waals surface area contributed by atoms with Crippen molar-refractivity contribution in [2.75, 3.05) is 10.8 Å². The summed E-state index contributed by atoms with van der Waals surface area (Å²) in [6.07, 6.45) is 1.27. The Hall–Kier alpha value is -1.89. The predicted molar refractivity (Wildman–Crippen MR) is 69.9 cm³/mol. The number of aryl methyl sites for hydroxylation is 1. The number of benzene rings is 1. The summed E-state index contributed by atoms with van der Waals surface area (Å²) in [5.74, 6) is -0.406. The van der Waals surface area contributed by atoms with Crippen LogP contribution in [0.5, 0.6) is 0 Å². The summed E-state index contributed by atoms with van der Waals surface area (Å²) in [6.45, 7) is 3.60. The molecule has 0 saturated carbocycles. The molecule has 2 aromatic rings. The fourth-order valence-corrected chi connectivity index (χ4v) is 3.41. The Labute approximate surface area is 111 Å². The Morgan fingerprint density at radius 2 is 1.95 bits per heavy atom. The number of aromatic nitrogens is 2. The van der Waals surface area contributed by atoms with Crippen LogP contribution in [0.4, 0.5) is 10.1 Å². The Kier molecular flexibility index (Phi) is 3.57. The maximum Gasteiger partial charge on any atom is 0.267 e. The van der Waals surface area contributed by atoms with Crippen molar-refractivity contribution in [1.29, 1.82) is 0 Å². The van der Waals surface area contributed by atoms with Crippen LogP contribution >= 0.6 is 0 Å². The lowest BCUT2D eigenvalue weighted by Gasteiger charge is -2.22. The van der Waals surface area contributed by atoms with Gasteiger partial charge in [0.2, 0.25) is 0 Å². The second kappa shape index (κ2) is 5.00. The molecule has 0 atom stereocenters. The number of sulfonamides is 1. The van der Waals surface area contributed by atoms with Crippen LogP contribution in [-0.2, 0) is 10.0 Å². The minimum absolute atomic E-state index is 0.124. The predicted octanol–water partition coefficient (Wildman–Crippen LogP) is 2.07. The molecule has 5 nitrogen and oxygen atoms in total. The minimum atomic E-state index is -3.69. The smallest absolute Gasteiger partial charge is 0.267 e. The van der Waals surface area contributed by atoms with Crippen LogP contribution in [0.2, 0.25) is 0 Å². The van der Waals surface area contributed by atoms with Gasteiger partial charge < -0.3 is 0 Å². The Morgan fingerprint density at radius 3 is 2.42 bits per heavy atom. The average Bonchev–Trinajstić information content (AvgIpc) is 2.79. The van der Waals surface area contributed by atoms with E-state index in [1.807, 2.05) is 0 Å². The zero-order chi connectivity index (χ0) is 14.0. The van der Waals surface area contributed by atoms with E-state index in [0.717, 1.165) is 0 Å². The summed E-state index contributed by atoms with van der Waals surface area (Å²) in [5, 5.41) is 6.32. The number of hydrogen-bond acceptors (Lipinski definition) is 3. The van der Waals surface area contributed by atoms with E-state index >= 15 is 0 Å². The maximum atomic E-state index is 12.9. The number of halogens is 1. The molecule has 0 saturated heterocycles. The second-order valence-corrected chi connectivity index (χ2v) is 5.84. The molecular formula is C12H14FN3O2S. The van der Waals surface area contributed by atoms with Crippen molar-refractivity contribution in [3.05, 3.63) is 42.0 Å². The number of anilines is 1. The van der Waals surface area contributed by atoms with E-state index in [2.05, 4.69) is 10.2 Å². The number of rotatable bonds is 4. The lowest BCUT2D eigenvalue weighted by atomic mass is 10.3. The van der Waals surface area contributed by atoms with Crippen LogP contribution < -0.4 is 4.31 Å². The molecule has 0 aliphatic rings. The molecule has 0 aliphatic carbocycles. The molecular weight excluding hydrogens is 269 g/mol. The van der Waals surface area contributed by atoms with Crippen molar-refractivity contribution >= 4 is 15.7 Å². The number of nitrogens with one attached hydrogen (secondary N) is 1. The van der Waals surface area contributed by atoms with Gasteiger partial charge in [0.1, 0.15) is 10.7 Å². The molecule has 102 valence electrons. The normalized spacial score (nSPS) is 11.5. The molecule has 1 aromatic heterocycles. The van der Waals surface area contributed by atoms with Crippen LogP contribution in [0.15, 0.2) is 35.4 Å². The van der Waals surface area contributed by atoms with Crippen LogP contribution in [-0.4, -0.2) is 25.2 Å². The topological polar surface area (TPSA) is 66.1 Å². The first-order valence-corrected chi connectivity index (χ1v) is 7.19. The standard InChI is InChI=1S/C12H14FN3O2S/c1-3-16(11-6-4-10(13)5-7-11)19(17,18)12-8-14-15-9(12)2/h4-8H,3H2,1-2H3,(H,14,15). The van der Waals surface area contributed by atoms with Gasteiger partial charge in [0.25, 0.3) is 10.0 Å². The first-order chi connectivity index (χ1) is 8.96. The third kappa shape index (κ3) is 2.46. The molecule has 1 aromatic carbocycles. The van der Waals surface area contributed by atoms with Gasteiger partial charge in [-0.1, -0.05) is 0 Å². The van der Waals surface area contributed by atoms with Gasteiger partial charge in [-0.15, -0.1) is 0 Å². The molecule has 0 amide bonds. The average molecular weight is 283 g/mol. The van der Waals surface area contributed by atoms with Crippen molar-refractivity contribution in [2.45, 2.75) is 18.7 Å². The van der Waals surface area contributed by atoms with E-state index in [0.29, 0.717) is 11.4 Å². The Balaban J connectivity index is 2.48. The molecule has 0 unspecified atom stereocenters. The number of aromatic amines is 1. The molecule has 1 heterocycles. The quantitative estimate of drug-likeness (QED) is 0.934. The van der Waals surface area contributed by atoms with Gasteiger partial charge in [-0.05, 0) is 38.1 Å². The molecule has 0 fully saturated rings. The maximum absolute atomic E-state index is 12.9. The summed E-state index contributed by atoms with van der Waals surface area (Å²) in [6, 6.07) is 5.34. The highest BCUT2D eigenvalue weighted by Gasteiger charge is 2.26. The highest BCUT2D eigenvalue weighted by Crippen LogP contribution is 2.24. The highest BCUT2D eigenvalue weighted by atomic mass is 32.2. The number of H-pyrrole nitrogens is 1. The van der Waals surface area contributed by atoms with E-state index in [9.17, 15) is 12.8 Å². The van der Waals surface area contributed by atoms with Crippen LogP contribution in [0, 0.1) is 12.7 Å². The monoisotopic (exact) mass is 283 g/mol. The minimum Gasteiger partial charge on any atom is -0.281 e. The van der Waals surface area contributed by atoms with Crippen molar-refractivity contribution in [2.24, 2.45) is 0 Å². The summed E-state index contributed by atoms with van der Waals surface area (Å²) < 4.78 is 39.1. The first kappa shape index (κ1) is 13.5. The molecule has 2 rings (SSSR count). The molecule has 19 heavy (non-hydrogen) atoms. The largest absolute Gasteiger partial charge is 0.281 e. The Morgan fingerprint density at radius 1 is 1.32 bits per heavy atom. The van der Waals surface area contributed by atoms with Gasteiger partial charge >= 0.3 is 0 Å². The SMILES string of the molecule is CCN(c1ccc(F)cc1)S(=O)(=O)c1cn[nH]c1C. The molecule has 0 bridgehead atoms. The van der Waals surface area contributed by atoms with Crippen molar-refractivity contribution in [1.82, 2.24) is 10.2 Å². The zero-order valence-electron chi connectivity index (χ0n) is 10.6. The van der Waals surface area contributed by atoms with Crippen LogP contribution in [0.3, 0.4) is 0 Å². The van der Waals surface area contributed by atoms with Crippen LogP contribution in [0.25, 0.3) is 0 Å². The first-order valence-electron chi connectivity index (χ1n) is 5.75. The van der Waals surface area contributed by atoms with E-state index in [1.54, 1.807) is 13.8 Å². The summed E-state index contributed by atoms with van der Waals surface area (Å²) in [4.78, 5) is 0.124. The molecule has 7 heteroatoms. The van der Waals surface area contributed by atoms with Gasteiger partial charge in [0.15, 0.2) is 0 Å². The molecule has 0 aliphatic heterocycles.